The molecule has 1 fully saturated rings. The number of hydrogen-bond donors (Lipinski definition) is 1. The predicted octanol–water partition coefficient (Wildman–Crippen LogP) is 10.8. The van der Waals surface area contributed by atoms with Crippen LogP contribution in [0.5, 0.6) is 0 Å². The van der Waals surface area contributed by atoms with E-state index < -0.39 is 22.8 Å². The fraction of sp³-hybridized carbons (Fsp3) is 0.256. The van der Waals surface area contributed by atoms with Gasteiger partial charge in [0.2, 0.25) is 0 Å². The van der Waals surface area contributed by atoms with Crippen LogP contribution < -0.4 is 15.1 Å². The summed E-state index contributed by atoms with van der Waals surface area (Å²) < 4.78 is 28.2. The van der Waals surface area contributed by atoms with E-state index in [-0.39, 0.29) is 33.6 Å². The maximum atomic E-state index is 14.9. The monoisotopic (exact) mass is 734 g/mol. The zero-order chi connectivity index (χ0) is 39.0. The highest BCUT2D eigenvalue weighted by atomic mass is 32.1. The minimum absolute atomic E-state index is 0.0765. The van der Waals surface area contributed by atoms with Gasteiger partial charge >= 0.3 is 0 Å². The number of benzene rings is 3. The molecule has 0 radical (unpaired) electrons. The number of hydrogen-bond acceptors (Lipinski definition) is 6. The molecule has 0 bridgehead atoms. The maximum absolute atomic E-state index is 14.9. The van der Waals surface area contributed by atoms with E-state index in [0.29, 0.717) is 11.3 Å². The molecule has 1 aromatic heterocycles. The van der Waals surface area contributed by atoms with E-state index in [2.05, 4.69) is 47.2 Å². The highest BCUT2D eigenvalue weighted by molar-refractivity contribution is 7.81. The normalized spacial score (nSPS) is 12.9. The zero-order valence-corrected chi connectivity index (χ0v) is 31.6. The molecule has 5 rings (SSSR count). The summed E-state index contributed by atoms with van der Waals surface area (Å²) >= 11 is 9.91. The zero-order valence-electron chi connectivity index (χ0n) is 30.0. The lowest BCUT2D eigenvalue weighted by Crippen LogP contribution is -2.44. The molecule has 1 amide bonds. The lowest BCUT2D eigenvalue weighted by Gasteiger charge is -2.29. The number of anilines is 3. The SMILES string of the molecule is [C-]#[N+]C(C)(C)Nc1ccc(C)nc1.[C-]#[N+]c1ccc(N2C(=O)C(C)(C)N(c3ccc(C)cc3)C2=S)c(F)c1C.[C-]#[N+]c1ccc(N=C=S)c(F)c1C. The minimum Gasteiger partial charge on any atom is -0.313 e. The van der Waals surface area contributed by atoms with Gasteiger partial charge in [0.1, 0.15) is 22.9 Å². The van der Waals surface area contributed by atoms with E-state index >= 15 is 0 Å². The van der Waals surface area contributed by atoms with Crippen molar-refractivity contribution in [2.75, 3.05) is 15.1 Å². The summed E-state index contributed by atoms with van der Waals surface area (Å²) in [4.78, 5) is 33.6. The number of carbonyl (C=O) groups is 1. The smallest absolute Gasteiger partial charge is 0.299 e. The molecule has 1 N–H and O–H groups in total. The second-order valence-electron chi connectivity index (χ2n) is 12.6. The van der Waals surface area contributed by atoms with Crippen molar-refractivity contribution in [1.29, 1.82) is 0 Å². The molecule has 0 atom stereocenters. The Balaban J connectivity index is 0.000000235. The van der Waals surface area contributed by atoms with E-state index in [4.69, 9.17) is 31.9 Å². The fourth-order valence-corrected chi connectivity index (χ4v) is 5.54. The van der Waals surface area contributed by atoms with E-state index in [1.165, 1.54) is 43.0 Å². The molecule has 2 heterocycles. The lowest BCUT2D eigenvalue weighted by atomic mass is 10.0. The third-order valence-electron chi connectivity index (χ3n) is 7.92. The Bertz CT molecular complexity index is 2170. The van der Waals surface area contributed by atoms with Gasteiger partial charge in [-0.15, -0.1) is 0 Å². The predicted molar refractivity (Wildman–Crippen MR) is 211 cm³/mol. The van der Waals surface area contributed by atoms with Crippen molar-refractivity contribution in [3.63, 3.8) is 0 Å². The number of thiocarbonyl (C=S) groups is 2. The molecule has 4 aromatic rings. The van der Waals surface area contributed by atoms with Gasteiger partial charge in [0.25, 0.3) is 11.6 Å². The van der Waals surface area contributed by atoms with Crippen LogP contribution in [0.25, 0.3) is 14.5 Å². The van der Waals surface area contributed by atoms with Gasteiger partial charge in [0.15, 0.2) is 16.5 Å². The van der Waals surface area contributed by atoms with Gasteiger partial charge in [0, 0.05) is 25.2 Å². The van der Waals surface area contributed by atoms with Gasteiger partial charge in [-0.2, -0.15) is 4.99 Å². The number of amides is 1. The topological polar surface area (TPSA) is 73.9 Å². The number of carbonyl (C=O) groups excluding carboxylic acids is 1. The number of aromatic nitrogens is 1. The van der Waals surface area contributed by atoms with Crippen molar-refractivity contribution >= 4 is 74.7 Å². The number of aryl methyl sites for hydroxylation is 2. The van der Waals surface area contributed by atoms with E-state index in [9.17, 15) is 13.6 Å². The maximum Gasteiger partial charge on any atom is 0.299 e. The lowest BCUT2D eigenvalue weighted by molar-refractivity contribution is -0.120. The molecule has 0 spiro atoms. The average Bonchev–Trinajstić information content (AvgIpc) is 3.29. The molecular weight excluding hydrogens is 699 g/mol. The fourth-order valence-electron chi connectivity index (χ4n) is 4.93. The average molecular weight is 735 g/mol. The summed E-state index contributed by atoms with van der Waals surface area (Å²) in [6, 6.07) is 17.4. The number of isothiocyanates is 1. The summed E-state index contributed by atoms with van der Waals surface area (Å²) in [5.74, 6) is -1.42. The number of rotatable bonds is 5. The molecule has 1 aliphatic rings. The van der Waals surface area contributed by atoms with Gasteiger partial charge < -0.3 is 10.2 Å². The van der Waals surface area contributed by atoms with Crippen molar-refractivity contribution < 1.29 is 13.6 Å². The standard InChI is InChI=1S/C20H18FN3OS.C10H13N3.C9H5FN2S/c1-12-6-8-14(9-7-12)24-19(26)23(18(25)20(24,3)4)16-11-10-15(22-5)13(2)17(16)21;1-8-5-6-9(7-12-8)13-10(2,3)11-4;1-6-7(11-2)3-4-8(9(6)10)12-5-13/h6-11H,1-4H3;5-7,13H,1-3H3;3-4H,1H3. The molecule has 0 aliphatic carbocycles. The van der Waals surface area contributed by atoms with Gasteiger partial charge in [-0.3, -0.25) is 19.5 Å². The first kappa shape index (κ1) is 40.5. The van der Waals surface area contributed by atoms with Crippen LogP contribution >= 0.6 is 24.4 Å². The number of pyridine rings is 1. The number of halogens is 2. The number of nitrogens with one attached hydrogen (secondary N) is 1. The van der Waals surface area contributed by atoms with Gasteiger partial charge in [-0.1, -0.05) is 29.8 Å². The molecule has 9 nitrogen and oxygen atoms in total. The molecule has 0 unspecified atom stereocenters. The molecule has 0 saturated carbocycles. The Kier molecular flexibility index (Phi) is 13.2. The number of aliphatic imine (C=N–C) groups is 1. The number of nitrogens with zero attached hydrogens (tertiary/aromatic N) is 7. The van der Waals surface area contributed by atoms with Gasteiger partial charge in [0.05, 0.1) is 35.9 Å². The molecule has 13 heteroatoms. The third-order valence-corrected chi connectivity index (χ3v) is 8.38. The summed E-state index contributed by atoms with van der Waals surface area (Å²) in [5.41, 5.74) is 3.43. The minimum atomic E-state index is -0.953. The molecule has 3 aromatic carbocycles. The van der Waals surface area contributed by atoms with E-state index in [0.717, 1.165) is 22.6 Å². The Labute approximate surface area is 314 Å². The van der Waals surface area contributed by atoms with Crippen LogP contribution in [0.3, 0.4) is 0 Å². The van der Waals surface area contributed by atoms with Crippen molar-refractivity contribution in [2.45, 2.75) is 66.6 Å². The Morgan fingerprint density at radius 3 is 1.98 bits per heavy atom. The molecule has 1 saturated heterocycles. The first-order valence-corrected chi connectivity index (χ1v) is 16.5. The van der Waals surface area contributed by atoms with Gasteiger partial charge in [-0.05, 0) is 114 Å². The summed E-state index contributed by atoms with van der Waals surface area (Å²) in [6.45, 7) is 35.0. The Hall–Kier alpha value is -5.90. The van der Waals surface area contributed by atoms with Gasteiger partial charge in [-0.25, -0.2) is 25.0 Å². The Morgan fingerprint density at radius 1 is 0.885 bits per heavy atom. The summed E-state index contributed by atoms with van der Waals surface area (Å²) in [5, 5.41) is 5.38. The van der Waals surface area contributed by atoms with Crippen LogP contribution in [0.2, 0.25) is 0 Å². The Morgan fingerprint density at radius 2 is 1.46 bits per heavy atom. The van der Waals surface area contributed by atoms with Crippen LogP contribution in [0.15, 0.2) is 71.9 Å². The summed E-state index contributed by atoms with van der Waals surface area (Å²) in [7, 11) is 0. The second-order valence-corrected chi connectivity index (χ2v) is 13.2. The molecule has 52 heavy (non-hydrogen) atoms. The van der Waals surface area contributed by atoms with Crippen LogP contribution in [0.1, 0.15) is 50.1 Å². The van der Waals surface area contributed by atoms with Crippen molar-refractivity contribution in [3.8, 4) is 0 Å². The highest BCUT2D eigenvalue weighted by Crippen LogP contribution is 2.39. The van der Waals surface area contributed by atoms with E-state index in [1.807, 2.05) is 64.1 Å². The third kappa shape index (κ3) is 9.06. The van der Waals surface area contributed by atoms with Crippen molar-refractivity contribution in [3.05, 3.63) is 135 Å². The van der Waals surface area contributed by atoms with Crippen LogP contribution in [-0.2, 0) is 4.79 Å². The quantitative estimate of drug-likeness (QED) is 0.125. The second kappa shape index (κ2) is 16.9. The van der Waals surface area contributed by atoms with Crippen molar-refractivity contribution in [1.82, 2.24) is 4.98 Å². The summed E-state index contributed by atoms with van der Waals surface area (Å²) in [6.07, 6.45) is 1.74. The first-order chi connectivity index (χ1) is 24.4. The van der Waals surface area contributed by atoms with Crippen LogP contribution in [-0.4, -0.2) is 32.4 Å². The molecule has 1 aliphatic heterocycles. The molecule has 264 valence electrons. The largest absolute Gasteiger partial charge is 0.313 e. The molecular formula is C39H36F2N8OS2. The first-order valence-electron chi connectivity index (χ1n) is 15.7. The van der Waals surface area contributed by atoms with Crippen LogP contribution in [0.4, 0.5) is 42.9 Å². The van der Waals surface area contributed by atoms with E-state index in [1.54, 1.807) is 24.9 Å². The van der Waals surface area contributed by atoms with Crippen LogP contribution in [0, 0.1) is 59.0 Å². The van der Waals surface area contributed by atoms with Crippen molar-refractivity contribution in [2.24, 2.45) is 4.99 Å². The highest BCUT2D eigenvalue weighted by Gasteiger charge is 2.51.